The Labute approximate surface area is 229 Å². The summed E-state index contributed by atoms with van der Waals surface area (Å²) in [6, 6.07) is 33.6. The van der Waals surface area contributed by atoms with E-state index in [0.717, 1.165) is 28.0 Å². The smallest absolute Gasteiger partial charge is 0.243 e. The van der Waals surface area contributed by atoms with E-state index in [2.05, 4.69) is 5.32 Å². The molecular weight excluding hydrogens is 496 g/mol. The Morgan fingerprint density at radius 1 is 0.763 bits per heavy atom. The minimum absolute atomic E-state index is 0.119. The monoisotopic (exact) mass is 526 g/mol. The number of hydrogen-bond acceptors (Lipinski definition) is 3. The fourth-order valence-electron chi connectivity index (χ4n) is 4.26. The van der Waals surface area contributed by atoms with Crippen LogP contribution in [0.4, 0.5) is 0 Å². The lowest BCUT2D eigenvalue weighted by Gasteiger charge is -2.32. The molecule has 5 nitrogen and oxygen atoms in total. The van der Waals surface area contributed by atoms with Crippen molar-refractivity contribution in [2.45, 2.75) is 32.0 Å². The van der Waals surface area contributed by atoms with E-state index >= 15 is 0 Å². The van der Waals surface area contributed by atoms with Gasteiger partial charge in [0.05, 0.1) is 13.5 Å². The number of halogens is 1. The van der Waals surface area contributed by atoms with Gasteiger partial charge in [0.2, 0.25) is 11.8 Å². The lowest BCUT2D eigenvalue weighted by atomic mass is 10.0. The summed E-state index contributed by atoms with van der Waals surface area (Å²) in [6.07, 6.45) is 0.592. The minimum atomic E-state index is -0.706. The van der Waals surface area contributed by atoms with Crippen LogP contribution in [-0.2, 0) is 35.5 Å². The zero-order valence-corrected chi connectivity index (χ0v) is 22.1. The number of nitrogens with one attached hydrogen (secondary N) is 1. The number of methoxy groups -OCH3 is 1. The summed E-state index contributed by atoms with van der Waals surface area (Å²) < 4.78 is 5.23. The Morgan fingerprint density at radius 2 is 1.34 bits per heavy atom. The van der Waals surface area contributed by atoms with Crippen LogP contribution in [0.5, 0.6) is 5.75 Å². The summed E-state index contributed by atoms with van der Waals surface area (Å²) in [5.74, 6) is 0.425. The van der Waals surface area contributed by atoms with Crippen LogP contribution in [0.15, 0.2) is 109 Å². The first kappa shape index (κ1) is 27.0. The molecule has 38 heavy (non-hydrogen) atoms. The average Bonchev–Trinajstić information content (AvgIpc) is 2.96. The number of amides is 2. The van der Waals surface area contributed by atoms with Crippen molar-refractivity contribution in [1.29, 1.82) is 0 Å². The van der Waals surface area contributed by atoms with Gasteiger partial charge in [0.1, 0.15) is 11.8 Å². The second-order valence-corrected chi connectivity index (χ2v) is 9.52. The molecule has 0 heterocycles. The molecule has 0 radical (unpaired) electrons. The molecule has 0 aliphatic rings. The van der Waals surface area contributed by atoms with Crippen molar-refractivity contribution in [2.24, 2.45) is 0 Å². The van der Waals surface area contributed by atoms with Crippen molar-refractivity contribution in [3.63, 3.8) is 0 Å². The lowest BCUT2D eigenvalue weighted by Crippen LogP contribution is -2.50. The summed E-state index contributed by atoms with van der Waals surface area (Å²) in [5.41, 5.74) is 3.72. The fraction of sp³-hybridized carbons (Fsp3) is 0.188. The number of carbonyl (C=O) groups is 2. The van der Waals surface area contributed by atoms with Crippen molar-refractivity contribution in [2.75, 3.05) is 7.11 Å². The molecular formula is C32H31ClN2O3. The number of ether oxygens (including phenoxy) is 1. The van der Waals surface area contributed by atoms with Gasteiger partial charge < -0.3 is 15.0 Å². The molecule has 0 aliphatic carbocycles. The maximum absolute atomic E-state index is 13.8. The highest BCUT2D eigenvalue weighted by Gasteiger charge is 2.30. The van der Waals surface area contributed by atoms with Crippen molar-refractivity contribution in [3.8, 4) is 5.75 Å². The summed E-state index contributed by atoms with van der Waals surface area (Å²) in [7, 11) is 1.62. The van der Waals surface area contributed by atoms with Gasteiger partial charge in [0, 0.05) is 24.5 Å². The third-order valence-corrected chi connectivity index (χ3v) is 6.61. The molecule has 0 saturated carbocycles. The van der Waals surface area contributed by atoms with Crippen LogP contribution in [0.25, 0.3) is 0 Å². The summed E-state index contributed by atoms with van der Waals surface area (Å²) >= 11 is 6.10. The molecule has 0 bridgehead atoms. The normalized spacial score (nSPS) is 11.4. The Morgan fingerprint density at radius 3 is 1.95 bits per heavy atom. The van der Waals surface area contributed by atoms with Gasteiger partial charge in [-0.2, -0.15) is 0 Å². The van der Waals surface area contributed by atoms with Gasteiger partial charge >= 0.3 is 0 Å². The van der Waals surface area contributed by atoms with E-state index in [1.54, 1.807) is 24.1 Å². The molecule has 1 N–H and O–H groups in total. The molecule has 4 aromatic carbocycles. The van der Waals surface area contributed by atoms with E-state index in [4.69, 9.17) is 16.3 Å². The Kier molecular flexibility index (Phi) is 9.54. The van der Waals surface area contributed by atoms with Crippen LogP contribution in [0.2, 0.25) is 5.02 Å². The van der Waals surface area contributed by atoms with Gasteiger partial charge in [-0.1, -0.05) is 96.5 Å². The van der Waals surface area contributed by atoms with Crippen molar-refractivity contribution < 1.29 is 14.3 Å². The quantitative estimate of drug-likeness (QED) is 0.267. The van der Waals surface area contributed by atoms with Crippen LogP contribution in [0.3, 0.4) is 0 Å². The zero-order valence-electron chi connectivity index (χ0n) is 21.3. The molecule has 6 heteroatoms. The Balaban J connectivity index is 1.62. The molecule has 0 saturated heterocycles. The molecule has 1 atom stereocenters. The van der Waals surface area contributed by atoms with Crippen LogP contribution in [0, 0.1) is 0 Å². The van der Waals surface area contributed by atoms with Gasteiger partial charge in [-0.25, -0.2) is 0 Å². The first-order chi connectivity index (χ1) is 18.5. The second-order valence-electron chi connectivity index (χ2n) is 9.08. The van der Waals surface area contributed by atoms with Crippen molar-refractivity contribution in [3.05, 3.63) is 136 Å². The van der Waals surface area contributed by atoms with Gasteiger partial charge in [-0.15, -0.1) is 0 Å². The summed E-state index contributed by atoms with van der Waals surface area (Å²) in [5, 5.41) is 3.68. The first-order valence-corrected chi connectivity index (χ1v) is 12.9. The average molecular weight is 527 g/mol. The molecule has 0 spiro atoms. The molecule has 4 rings (SSSR count). The second kappa shape index (κ2) is 13.5. The van der Waals surface area contributed by atoms with Crippen molar-refractivity contribution in [1.82, 2.24) is 10.2 Å². The van der Waals surface area contributed by atoms with E-state index < -0.39 is 6.04 Å². The van der Waals surface area contributed by atoms with Gasteiger partial charge in [0.25, 0.3) is 0 Å². The predicted molar refractivity (Wildman–Crippen MR) is 151 cm³/mol. The first-order valence-electron chi connectivity index (χ1n) is 12.5. The number of hydrogen-bond donors (Lipinski definition) is 1. The maximum Gasteiger partial charge on any atom is 0.243 e. The van der Waals surface area contributed by atoms with Crippen LogP contribution >= 0.6 is 11.6 Å². The summed E-state index contributed by atoms with van der Waals surface area (Å²) in [4.78, 5) is 29.2. The Bertz CT molecular complexity index is 1310. The zero-order chi connectivity index (χ0) is 26.7. The third-order valence-electron chi connectivity index (χ3n) is 6.36. The molecule has 0 aliphatic heterocycles. The predicted octanol–water partition coefficient (Wildman–Crippen LogP) is 5.85. The third kappa shape index (κ3) is 7.70. The topological polar surface area (TPSA) is 58.6 Å². The number of benzene rings is 4. The lowest BCUT2D eigenvalue weighted by molar-refractivity contribution is -0.140. The highest BCUT2D eigenvalue weighted by atomic mass is 35.5. The largest absolute Gasteiger partial charge is 0.497 e. The Hall–Kier alpha value is -4.09. The standard InChI is InChI=1S/C32H31ClN2O3/c1-38-29-18-14-26(15-19-29)22-34-32(37)30(20-24-8-4-2-5-9-24)35(23-27-12-16-28(33)17-13-27)31(36)21-25-10-6-3-7-11-25/h2-19,30H,20-23H2,1H3,(H,34,37). The number of carbonyl (C=O) groups excluding carboxylic acids is 2. The molecule has 1 unspecified atom stereocenters. The van der Waals surface area contributed by atoms with Crippen molar-refractivity contribution >= 4 is 23.4 Å². The fourth-order valence-corrected chi connectivity index (χ4v) is 4.39. The number of rotatable bonds is 11. The van der Waals surface area contributed by atoms with Gasteiger partial charge in [-0.05, 0) is 46.5 Å². The molecule has 4 aromatic rings. The molecule has 194 valence electrons. The van der Waals surface area contributed by atoms with E-state index in [0.29, 0.717) is 18.0 Å². The van der Waals surface area contributed by atoms with Crippen LogP contribution < -0.4 is 10.1 Å². The molecule has 2 amide bonds. The van der Waals surface area contributed by atoms with E-state index in [1.165, 1.54) is 0 Å². The molecule has 0 aromatic heterocycles. The van der Waals surface area contributed by atoms with Crippen LogP contribution in [0.1, 0.15) is 22.3 Å². The van der Waals surface area contributed by atoms with E-state index in [1.807, 2.05) is 97.1 Å². The maximum atomic E-state index is 13.8. The highest BCUT2D eigenvalue weighted by molar-refractivity contribution is 6.30. The van der Waals surface area contributed by atoms with Gasteiger partial charge in [-0.3, -0.25) is 9.59 Å². The van der Waals surface area contributed by atoms with Gasteiger partial charge in [0.15, 0.2) is 0 Å². The van der Waals surface area contributed by atoms with E-state index in [9.17, 15) is 9.59 Å². The highest BCUT2D eigenvalue weighted by Crippen LogP contribution is 2.19. The minimum Gasteiger partial charge on any atom is -0.497 e. The van der Waals surface area contributed by atoms with E-state index in [-0.39, 0.29) is 24.8 Å². The molecule has 0 fully saturated rings. The summed E-state index contributed by atoms with van der Waals surface area (Å²) in [6.45, 7) is 0.631. The SMILES string of the molecule is COc1ccc(CNC(=O)C(Cc2ccccc2)N(Cc2ccc(Cl)cc2)C(=O)Cc2ccccc2)cc1. The number of nitrogens with zero attached hydrogens (tertiary/aromatic N) is 1. The van der Waals surface area contributed by atoms with Crippen LogP contribution in [-0.4, -0.2) is 29.9 Å².